The number of primary amides is 2. The Balaban J connectivity index is 3.27. The molecule has 0 aliphatic heterocycles. The maximum Gasteiger partial charge on any atom is 0.405 e. The molecule has 8 nitrogen and oxygen atoms in total. The minimum absolute atomic E-state index is 0.178. The molecule has 122 valence electrons. The average molecular weight is 330 g/mol. The van der Waals surface area contributed by atoms with Crippen LogP contribution in [-0.4, -0.2) is 38.4 Å². The minimum Gasteiger partial charge on any atom is -0.430 e. The summed E-state index contributed by atoms with van der Waals surface area (Å²) in [5.41, 5.74) is 8.88. The Hall–Kier alpha value is -2.13. The molecule has 0 unspecified atom stereocenters. The van der Waals surface area contributed by atoms with Gasteiger partial charge < -0.3 is 16.2 Å². The van der Waals surface area contributed by atoms with Crippen molar-refractivity contribution in [3.8, 4) is 0 Å². The molecule has 0 heterocycles. The van der Waals surface area contributed by atoms with Gasteiger partial charge in [-0.25, -0.2) is 4.79 Å². The van der Waals surface area contributed by atoms with Crippen LogP contribution in [0.2, 0.25) is 0 Å². The molecule has 1 aromatic carbocycles. The highest BCUT2D eigenvalue weighted by Gasteiger charge is 2.48. The van der Waals surface area contributed by atoms with E-state index in [4.69, 9.17) is 20.4 Å². The Morgan fingerprint density at radius 3 is 2.18 bits per heavy atom. The van der Waals surface area contributed by atoms with Gasteiger partial charge in [-0.05, 0) is 12.5 Å². The molecule has 1 rings (SSSR count). The van der Waals surface area contributed by atoms with Gasteiger partial charge in [0.1, 0.15) is 6.10 Å². The summed E-state index contributed by atoms with van der Waals surface area (Å²) < 4.78 is 32.3. The number of amides is 2. The lowest BCUT2D eigenvalue weighted by Gasteiger charge is -2.34. The topological polar surface area (TPSA) is 139 Å². The van der Waals surface area contributed by atoms with Crippen LogP contribution in [0.3, 0.4) is 0 Å². The van der Waals surface area contributed by atoms with E-state index in [0.29, 0.717) is 5.56 Å². The third kappa shape index (κ3) is 4.71. The van der Waals surface area contributed by atoms with Crippen molar-refractivity contribution in [2.45, 2.75) is 25.0 Å². The van der Waals surface area contributed by atoms with Crippen LogP contribution in [0.5, 0.6) is 0 Å². The quantitative estimate of drug-likeness (QED) is 0.670. The monoisotopic (exact) mass is 330 g/mol. The van der Waals surface area contributed by atoms with Crippen LogP contribution < -0.4 is 11.5 Å². The second-order valence-corrected chi connectivity index (χ2v) is 6.38. The minimum atomic E-state index is -3.91. The average Bonchev–Trinajstić information content (AvgIpc) is 2.36. The second-order valence-electron chi connectivity index (χ2n) is 4.78. The van der Waals surface area contributed by atoms with Gasteiger partial charge in [0.05, 0.1) is 6.26 Å². The van der Waals surface area contributed by atoms with Gasteiger partial charge in [0.15, 0.2) is 0 Å². The normalized spacial score (nSPS) is 15.5. The highest BCUT2D eigenvalue weighted by atomic mass is 32.2. The first kappa shape index (κ1) is 17.9. The molecule has 0 aliphatic rings. The van der Waals surface area contributed by atoms with Crippen molar-refractivity contribution in [1.82, 2.24) is 0 Å². The van der Waals surface area contributed by atoms with Crippen molar-refractivity contribution in [1.29, 1.82) is 0 Å². The van der Waals surface area contributed by atoms with Gasteiger partial charge in [0.25, 0.3) is 16.0 Å². The molecule has 0 aliphatic carbocycles. The molecule has 4 N–H and O–H groups in total. The fraction of sp³-hybridized carbons (Fsp3) is 0.385. The van der Waals surface area contributed by atoms with Crippen LogP contribution in [-0.2, 0) is 30.3 Å². The van der Waals surface area contributed by atoms with Gasteiger partial charge in [0, 0.05) is 6.42 Å². The zero-order chi connectivity index (χ0) is 17.0. The third-order valence-corrected chi connectivity index (χ3v) is 3.62. The lowest BCUT2D eigenvalue weighted by Crippen LogP contribution is -2.58. The smallest absolute Gasteiger partial charge is 0.405 e. The van der Waals surface area contributed by atoms with E-state index in [9.17, 15) is 18.0 Å². The highest BCUT2D eigenvalue weighted by Crippen LogP contribution is 2.26. The standard InChI is InChI=1S/C13H18N2O6S/c1-9(21-22(2,18)19)13(11(14)16,20-12(15)17)8-10-6-4-3-5-7-10/h3-7,9H,8H2,1-2H3,(H2,14,16)(H2,15,17)/t9-,13+/m0/s1. The van der Waals surface area contributed by atoms with Crippen molar-refractivity contribution in [2.24, 2.45) is 11.5 Å². The summed E-state index contributed by atoms with van der Waals surface area (Å²) in [7, 11) is -3.91. The Morgan fingerprint density at radius 2 is 1.77 bits per heavy atom. The zero-order valence-corrected chi connectivity index (χ0v) is 13.0. The summed E-state index contributed by atoms with van der Waals surface area (Å²) in [5.74, 6) is -1.06. The van der Waals surface area contributed by atoms with Crippen molar-refractivity contribution >= 4 is 22.1 Å². The molecule has 0 aromatic heterocycles. The van der Waals surface area contributed by atoms with Crippen molar-refractivity contribution in [3.05, 3.63) is 35.9 Å². The first-order valence-corrected chi connectivity index (χ1v) is 8.09. The van der Waals surface area contributed by atoms with Crippen LogP contribution in [0.15, 0.2) is 30.3 Å². The first-order chi connectivity index (χ1) is 10.1. The van der Waals surface area contributed by atoms with Crippen molar-refractivity contribution in [2.75, 3.05) is 6.26 Å². The predicted molar refractivity (Wildman–Crippen MR) is 78.1 cm³/mol. The first-order valence-electron chi connectivity index (χ1n) is 6.27. The molecule has 22 heavy (non-hydrogen) atoms. The summed E-state index contributed by atoms with van der Waals surface area (Å²) >= 11 is 0. The lowest BCUT2D eigenvalue weighted by atomic mass is 9.88. The number of hydrogen-bond acceptors (Lipinski definition) is 6. The van der Waals surface area contributed by atoms with Crippen LogP contribution >= 0.6 is 0 Å². The second kappa shape index (κ2) is 6.75. The maximum atomic E-state index is 11.9. The van der Waals surface area contributed by atoms with Gasteiger partial charge in [-0.3, -0.25) is 8.98 Å². The number of hydrogen-bond donors (Lipinski definition) is 2. The molecular weight excluding hydrogens is 312 g/mol. The molecule has 2 amide bonds. The lowest BCUT2D eigenvalue weighted by molar-refractivity contribution is -0.145. The van der Waals surface area contributed by atoms with Gasteiger partial charge in [0.2, 0.25) is 5.60 Å². The van der Waals surface area contributed by atoms with E-state index in [1.165, 1.54) is 6.92 Å². The Labute approximate surface area is 128 Å². The SMILES string of the molecule is C[C@H](OS(C)(=O)=O)[C@@](Cc1ccccc1)(OC(N)=O)C(N)=O. The molecule has 0 saturated heterocycles. The Morgan fingerprint density at radius 1 is 1.23 bits per heavy atom. The summed E-state index contributed by atoms with van der Waals surface area (Å²) in [6.07, 6.45) is -1.99. The summed E-state index contributed by atoms with van der Waals surface area (Å²) in [6, 6.07) is 8.48. The van der Waals surface area contributed by atoms with Crippen LogP contribution in [0, 0.1) is 0 Å². The van der Waals surface area contributed by atoms with E-state index in [2.05, 4.69) is 0 Å². The molecule has 0 fully saturated rings. The molecule has 0 saturated carbocycles. The van der Waals surface area contributed by atoms with Gasteiger partial charge in [-0.1, -0.05) is 30.3 Å². The van der Waals surface area contributed by atoms with E-state index in [1.807, 2.05) is 0 Å². The van der Waals surface area contributed by atoms with Gasteiger partial charge in [-0.2, -0.15) is 8.42 Å². The summed E-state index contributed by atoms with van der Waals surface area (Å²) in [5, 5.41) is 0. The van der Waals surface area contributed by atoms with E-state index in [1.54, 1.807) is 30.3 Å². The molecule has 2 atom stereocenters. The number of ether oxygens (including phenoxy) is 1. The number of carbonyl (C=O) groups excluding carboxylic acids is 2. The van der Waals surface area contributed by atoms with E-state index < -0.39 is 33.8 Å². The van der Waals surface area contributed by atoms with Crippen LogP contribution in [0.4, 0.5) is 4.79 Å². The van der Waals surface area contributed by atoms with E-state index >= 15 is 0 Å². The maximum absolute atomic E-state index is 11.9. The Kier molecular flexibility index (Phi) is 5.50. The highest BCUT2D eigenvalue weighted by molar-refractivity contribution is 7.86. The third-order valence-electron chi connectivity index (χ3n) is 2.99. The fourth-order valence-electron chi connectivity index (χ4n) is 2.02. The molecule has 0 bridgehead atoms. The van der Waals surface area contributed by atoms with Crippen molar-refractivity contribution in [3.63, 3.8) is 0 Å². The number of carbonyl (C=O) groups is 2. The van der Waals surface area contributed by atoms with Crippen LogP contribution in [0.25, 0.3) is 0 Å². The molecule has 0 radical (unpaired) electrons. The van der Waals surface area contributed by atoms with Crippen molar-refractivity contribution < 1.29 is 26.9 Å². The number of benzene rings is 1. The fourth-order valence-corrected chi connectivity index (χ4v) is 2.70. The van der Waals surface area contributed by atoms with Gasteiger partial charge in [-0.15, -0.1) is 0 Å². The Bertz CT molecular complexity index is 646. The molecule has 0 spiro atoms. The largest absolute Gasteiger partial charge is 0.430 e. The summed E-state index contributed by atoms with van der Waals surface area (Å²) in [4.78, 5) is 23.1. The molecular formula is C13H18N2O6S. The number of nitrogens with two attached hydrogens (primary N) is 2. The van der Waals surface area contributed by atoms with E-state index in [0.717, 1.165) is 6.26 Å². The zero-order valence-electron chi connectivity index (χ0n) is 12.2. The molecule has 1 aromatic rings. The van der Waals surface area contributed by atoms with Crippen LogP contribution in [0.1, 0.15) is 12.5 Å². The summed E-state index contributed by atoms with van der Waals surface area (Å²) in [6.45, 7) is 1.26. The van der Waals surface area contributed by atoms with E-state index in [-0.39, 0.29) is 6.42 Å². The molecule has 9 heteroatoms. The predicted octanol–water partition coefficient (Wildman–Crippen LogP) is -0.0868. The number of rotatable bonds is 7. The van der Waals surface area contributed by atoms with Gasteiger partial charge >= 0.3 is 6.09 Å².